The predicted octanol–water partition coefficient (Wildman–Crippen LogP) is 6.11. The lowest BCUT2D eigenvalue weighted by Crippen LogP contribution is -2.31. The van der Waals surface area contributed by atoms with Gasteiger partial charge in [0.25, 0.3) is 11.7 Å². The number of ether oxygens (including phenoxy) is 3. The number of amides is 1. The Morgan fingerprint density at radius 1 is 1.05 bits per heavy atom. The summed E-state index contributed by atoms with van der Waals surface area (Å²) in [6.45, 7) is 7.11. The SMILES string of the molecule is COc1cc(C2/C(=C(\O)c3ccc4c(c3)CC(C)O4)C(=O)C(=O)N2CCc2ccccc2)ccc1OCCC(C)C. The van der Waals surface area contributed by atoms with Gasteiger partial charge in [-0.25, -0.2) is 0 Å². The molecule has 2 heterocycles. The van der Waals surface area contributed by atoms with Gasteiger partial charge in [0.05, 0.1) is 25.3 Å². The summed E-state index contributed by atoms with van der Waals surface area (Å²) in [4.78, 5) is 28.6. The zero-order valence-electron chi connectivity index (χ0n) is 24.1. The third-order valence-electron chi connectivity index (χ3n) is 7.65. The minimum absolute atomic E-state index is 0.0414. The standard InChI is InChI=1S/C34H37NO6/c1-21(2)15-17-40-28-13-10-24(20-29(28)39-4)31-30(32(36)25-11-12-27-26(19-25)18-22(3)41-27)33(37)34(38)35(31)16-14-23-8-6-5-7-9-23/h5-13,19-22,31,36H,14-18H2,1-4H3/b32-30+. The predicted molar refractivity (Wildman–Crippen MR) is 157 cm³/mol. The number of carbonyl (C=O) groups is 2. The second-order valence-corrected chi connectivity index (χ2v) is 11.1. The van der Waals surface area contributed by atoms with Crippen molar-refractivity contribution in [3.05, 3.63) is 94.6 Å². The van der Waals surface area contributed by atoms with Gasteiger partial charge in [0.15, 0.2) is 11.5 Å². The van der Waals surface area contributed by atoms with Gasteiger partial charge in [0.1, 0.15) is 17.6 Å². The zero-order valence-corrected chi connectivity index (χ0v) is 24.1. The fourth-order valence-electron chi connectivity index (χ4n) is 5.45. The van der Waals surface area contributed by atoms with Crippen LogP contribution in [-0.2, 0) is 22.4 Å². The smallest absolute Gasteiger partial charge is 0.295 e. The Morgan fingerprint density at radius 2 is 1.83 bits per heavy atom. The lowest BCUT2D eigenvalue weighted by atomic mass is 9.94. The Labute approximate surface area is 241 Å². The number of fused-ring (bicyclic) bond motifs is 1. The Balaban J connectivity index is 1.55. The summed E-state index contributed by atoms with van der Waals surface area (Å²) < 4.78 is 17.4. The third kappa shape index (κ3) is 5.94. The number of nitrogens with zero attached hydrogens (tertiary/aromatic N) is 1. The van der Waals surface area contributed by atoms with Crippen molar-refractivity contribution in [1.29, 1.82) is 0 Å². The van der Waals surface area contributed by atoms with Crippen LogP contribution in [0.5, 0.6) is 17.2 Å². The van der Waals surface area contributed by atoms with Crippen LogP contribution in [0.1, 0.15) is 55.5 Å². The molecule has 5 rings (SSSR count). The molecule has 2 aliphatic rings. The van der Waals surface area contributed by atoms with Crippen LogP contribution < -0.4 is 14.2 Å². The summed E-state index contributed by atoms with van der Waals surface area (Å²) in [6.07, 6.45) is 2.21. The van der Waals surface area contributed by atoms with Crippen LogP contribution in [0, 0.1) is 5.92 Å². The van der Waals surface area contributed by atoms with Crippen LogP contribution in [0.25, 0.3) is 5.76 Å². The molecule has 0 bridgehead atoms. The van der Waals surface area contributed by atoms with Crippen molar-refractivity contribution in [2.45, 2.75) is 52.2 Å². The highest BCUT2D eigenvalue weighted by Gasteiger charge is 2.46. The lowest BCUT2D eigenvalue weighted by molar-refractivity contribution is -0.139. The molecular weight excluding hydrogens is 518 g/mol. The van der Waals surface area contributed by atoms with Gasteiger partial charge in [-0.2, -0.15) is 0 Å². The van der Waals surface area contributed by atoms with Gasteiger partial charge < -0.3 is 24.2 Å². The van der Waals surface area contributed by atoms with Gasteiger partial charge in [0, 0.05) is 18.5 Å². The van der Waals surface area contributed by atoms with Gasteiger partial charge in [0.2, 0.25) is 0 Å². The summed E-state index contributed by atoms with van der Waals surface area (Å²) in [5, 5.41) is 11.6. The van der Waals surface area contributed by atoms with E-state index in [1.54, 1.807) is 36.3 Å². The van der Waals surface area contributed by atoms with Crippen molar-refractivity contribution >= 4 is 17.4 Å². The number of Topliss-reactive ketones (excluding diaryl/α,β-unsaturated/α-hetero) is 1. The molecule has 0 aliphatic carbocycles. The van der Waals surface area contributed by atoms with E-state index in [0.29, 0.717) is 54.5 Å². The second-order valence-electron chi connectivity index (χ2n) is 11.1. The number of benzene rings is 3. The highest BCUT2D eigenvalue weighted by Crippen LogP contribution is 2.43. The Bertz CT molecular complexity index is 1460. The first-order valence-corrected chi connectivity index (χ1v) is 14.2. The number of aliphatic hydroxyl groups is 1. The highest BCUT2D eigenvalue weighted by molar-refractivity contribution is 6.46. The summed E-state index contributed by atoms with van der Waals surface area (Å²) in [6, 6.07) is 19.8. The summed E-state index contributed by atoms with van der Waals surface area (Å²) in [5.41, 5.74) is 3.21. The number of carbonyl (C=O) groups excluding carboxylic acids is 2. The number of ketones is 1. The Morgan fingerprint density at radius 3 is 2.56 bits per heavy atom. The van der Waals surface area contributed by atoms with Crippen molar-refractivity contribution in [3.8, 4) is 17.2 Å². The molecule has 2 unspecified atom stereocenters. The fraction of sp³-hybridized carbons (Fsp3) is 0.353. The van der Waals surface area contributed by atoms with E-state index in [9.17, 15) is 14.7 Å². The first-order chi connectivity index (χ1) is 19.8. The third-order valence-corrected chi connectivity index (χ3v) is 7.65. The molecule has 3 aromatic rings. The van der Waals surface area contributed by atoms with Gasteiger partial charge in [-0.3, -0.25) is 9.59 Å². The molecule has 2 atom stereocenters. The molecule has 0 aromatic heterocycles. The molecule has 1 N–H and O–H groups in total. The van der Waals surface area contributed by atoms with Crippen molar-refractivity contribution in [1.82, 2.24) is 4.90 Å². The molecule has 41 heavy (non-hydrogen) atoms. The van der Waals surface area contributed by atoms with Gasteiger partial charge in [-0.1, -0.05) is 50.2 Å². The Hall–Kier alpha value is -4.26. The van der Waals surface area contributed by atoms with Crippen LogP contribution in [0.3, 0.4) is 0 Å². The number of methoxy groups -OCH3 is 1. The van der Waals surface area contributed by atoms with Gasteiger partial charge in [-0.15, -0.1) is 0 Å². The fourth-order valence-corrected chi connectivity index (χ4v) is 5.45. The molecule has 1 saturated heterocycles. The monoisotopic (exact) mass is 555 g/mol. The molecule has 214 valence electrons. The first-order valence-electron chi connectivity index (χ1n) is 14.2. The maximum absolute atomic E-state index is 13.5. The van der Waals surface area contributed by atoms with Crippen LogP contribution in [-0.4, -0.2) is 48.1 Å². The van der Waals surface area contributed by atoms with E-state index in [2.05, 4.69) is 13.8 Å². The van der Waals surface area contributed by atoms with E-state index in [-0.39, 0.29) is 17.4 Å². The van der Waals surface area contributed by atoms with E-state index in [1.807, 2.05) is 49.4 Å². The second kappa shape index (κ2) is 12.1. The molecular formula is C34H37NO6. The minimum atomic E-state index is -0.791. The topological polar surface area (TPSA) is 85.3 Å². The number of rotatable bonds is 10. The van der Waals surface area contributed by atoms with Gasteiger partial charge >= 0.3 is 0 Å². The van der Waals surface area contributed by atoms with Crippen molar-refractivity contribution in [2.75, 3.05) is 20.3 Å². The van der Waals surface area contributed by atoms with Crippen LogP contribution in [0.4, 0.5) is 0 Å². The van der Waals surface area contributed by atoms with Crippen LogP contribution in [0.15, 0.2) is 72.3 Å². The Kier molecular flexibility index (Phi) is 8.34. The summed E-state index contributed by atoms with van der Waals surface area (Å²) >= 11 is 0. The summed E-state index contributed by atoms with van der Waals surface area (Å²) in [7, 11) is 1.56. The summed E-state index contributed by atoms with van der Waals surface area (Å²) in [5.74, 6) is 0.817. The highest BCUT2D eigenvalue weighted by atomic mass is 16.5. The number of aliphatic hydroxyl groups excluding tert-OH is 1. The molecule has 1 amide bonds. The van der Waals surface area contributed by atoms with Crippen molar-refractivity contribution in [2.24, 2.45) is 5.92 Å². The molecule has 7 heteroatoms. The first kappa shape index (κ1) is 28.3. The van der Waals surface area contributed by atoms with Crippen molar-refractivity contribution in [3.63, 3.8) is 0 Å². The van der Waals surface area contributed by atoms with E-state index in [0.717, 1.165) is 23.3 Å². The minimum Gasteiger partial charge on any atom is -0.507 e. The maximum atomic E-state index is 13.5. The molecule has 7 nitrogen and oxygen atoms in total. The largest absolute Gasteiger partial charge is 0.507 e. The average molecular weight is 556 g/mol. The number of hydrogen-bond acceptors (Lipinski definition) is 6. The molecule has 0 radical (unpaired) electrons. The molecule has 0 saturated carbocycles. The molecule has 1 fully saturated rings. The lowest BCUT2D eigenvalue weighted by Gasteiger charge is -2.26. The van der Waals surface area contributed by atoms with Crippen LogP contribution in [0.2, 0.25) is 0 Å². The van der Waals surface area contributed by atoms with E-state index < -0.39 is 17.7 Å². The molecule has 3 aromatic carbocycles. The normalized spacial score (nSPS) is 19.4. The maximum Gasteiger partial charge on any atom is 0.295 e. The number of hydrogen-bond donors (Lipinski definition) is 1. The average Bonchev–Trinajstić information content (AvgIpc) is 3.46. The van der Waals surface area contributed by atoms with Crippen LogP contribution >= 0.6 is 0 Å². The number of likely N-dealkylation sites (tertiary alicyclic amines) is 1. The van der Waals surface area contributed by atoms with E-state index >= 15 is 0 Å². The quantitative estimate of drug-likeness (QED) is 0.185. The van der Waals surface area contributed by atoms with Crippen molar-refractivity contribution < 1.29 is 28.9 Å². The van der Waals surface area contributed by atoms with E-state index in [4.69, 9.17) is 14.2 Å². The van der Waals surface area contributed by atoms with Gasteiger partial charge in [-0.05, 0) is 72.7 Å². The molecule has 2 aliphatic heterocycles. The molecule has 0 spiro atoms. The van der Waals surface area contributed by atoms with E-state index in [1.165, 1.54) is 0 Å². The zero-order chi connectivity index (χ0) is 29.1.